The Morgan fingerprint density at radius 3 is 2.42 bits per heavy atom. The smallest absolute Gasteiger partial charge is 0.341 e. The van der Waals surface area contributed by atoms with Crippen molar-refractivity contribution in [2.75, 3.05) is 18.5 Å². The normalized spacial score (nSPS) is 13.6. The van der Waals surface area contributed by atoms with E-state index in [2.05, 4.69) is 0 Å². The molecule has 0 saturated heterocycles. The molecule has 108 valence electrons. The van der Waals surface area contributed by atoms with E-state index in [-0.39, 0.29) is 16.6 Å². The number of para-hydroxylation sites is 1. The van der Waals surface area contributed by atoms with Gasteiger partial charge in [-0.15, -0.1) is 0 Å². The number of hydrogen-bond donors (Lipinski definition) is 1. The first-order valence-corrected chi connectivity index (χ1v) is 7.41. The van der Waals surface area contributed by atoms with Gasteiger partial charge in [0.1, 0.15) is 0 Å². The van der Waals surface area contributed by atoms with Crippen molar-refractivity contribution in [3.8, 4) is 0 Å². The summed E-state index contributed by atoms with van der Waals surface area (Å²) in [6.45, 7) is 2.30. The molecule has 1 aromatic rings. The van der Waals surface area contributed by atoms with Crippen LogP contribution in [0.15, 0.2) is 29.2 Å². The molecule has 1 aromatic carbocycles. The van der Waals surface area contributed by atoms with E-state index in [1.807, 2.05) is 6.92 Å². The molecule has 0 radical (unpaired) electrons. The fourth-order valence-electron chi connectivity index (χ4n) is 1.76. The first kappa shape index (κ1) is 15.8. The van der Waals surface area contributed by atoms with Crippen LogP contribution in [-0.2, 0) is 9.84 Å². The van der Waals surface area contributed by atoms with Crippen molar-refractivity contribution in [1.82, 2.24) is 0 Å². The summed E-state index contributed by atoms with van der Waals surface area (Å²) >= 11 is 0. The molecular weight excluding hydrogens is 274 g/mol. The van der Waals surface area contributed by atoms with Crippen molar-refractivity contribution in [1.29, 1.82) is 0 Å². The van der Waals surface area contributed by atoms with E-state index in [1.165, 1.54) is 18.2 Å². The number of sulfone groups is 1. The lowest BCUT2D eigenvalue weighted by Crippen LogP contribution is -2.32. The minimum atomic E-state index is -4.61. The molecule has 4 nitrogen and oxygen atoms in total. The summed E-state index contributed by atoms with van der Waals surface area (Å²) in [5.41, 5.74) is 5.72. The highest BCUT2D eigenvalue weighted by Gasteiger charge is 2.30. The van der Waals surface area contributed by atoms with Gasteiger partial charge in [0.25, 0.3) is 0 Å². The molecule has 0 aliphatic carbocycles. The summed E-state index contributed by atoms with van der Waals surface area (Å²) < 4.78 is 48.6. The molecule has 2 N–H and O–H groups in total. The summed E-state index contributed by atoms with van der Waals surface area (Å²) in [7, 11) is -2.94. The van der Waals surface area contributed by atoms with Crippen LogP contribution in [0, 0.1) is 0 Å². The van der Waals surface area contributed by atoms with Gasteiger partial charge in [-0.2, -0.15) is 8.78 Å². The van der Waals surface area contributed by atoms with Crippen molar-refractivity contribution >= 4 is 15.5 Å². The fraction of sp³-hybridized carbons (Fsp3) is 0.500. The molecule has 0 spiro atoms. The van der Waals surface area contributed by atoms with Crippen LogP contribution in [0.3, 0.4) is 0 Å². The molecule has 1 rings (SSSR count). The molecule has 0 heterocycles. The predicted molar refractivity (Wildman–Crippen MR) is 71.2 cm³/mol. The first-order chi connectivity index (χ1) is 8.82. The van der Waals surface area contributed by atoms with Crippen molar-refractivity contribution in [3.63, 3.8) is 0 Å². The van der Waals surface area contributed by atoms with Gasteiger partial charge in [0.2, 0.25) is 9.84 Å². The molecule has 1 unspecified atom stereocenters. The number of alkyl halides is 2. The molecule has 0 aromatic heterocycles. The first-order valence-electron chi connectivity index (χ1n) is 5.86. The summed E-state index contributed by atoms with van der Waals surface area (Å²) in [4.78, 5) is 1.30. The zero-order chi connectivity index (χ0) is 14.6. The average Bonchev–Trinajstić information content (AvgIpc) is 2.38. The van der Waals surface area contributed by atoms with Gasteiger partial charge in [-0.25, -0.2) is 8.42 Å². The van der Waals surface area contributed by atoms with E-state index in [1.54, 1.807) is 18.0 Å². The number of benzene rings is 1. The quantitative estimate of drug-likeness (QED) is 0.869. The van der Waals surface area contributed by atoms with E-state index in [0.717, 1.165) is 0 Å². The predicted octanol–water partition coefficient (Wildman–Crippen LogP) is 1.86. The van der Waals surface area contributed by atoms with Gasteiger partial charge in [0.15, 0.2) is 0 Å². The summed E-state index contributed by atoms with van der Waals surface area (Å²) in [5, 5.41) is 0. The van der Waals surface area contributed by atoms with Crippen molar-refractivity contribution in [2.45, 2.75) is 30.0 Å². The maximum absolute atomic E-state index is 12.7. The summed E-state index contributed by atoms with van der Waals surface area (Å²) in [6, 6.07) is 5.72. The number of anilines is 1. The molecule has 1 atom stereocenters. The molecule has 7 heteroatoms. The largest absolute Gasteiger partial charge is 0.371 e. The van der Waals surface area contributed by atoms with Gasteiger partial charge < -0.3 is 10.6 Å². The third-order valence-corrected chi connectivity index (χ3v) is 4.46. The summed E-state index contributed by atoms with van der Waals surface area (Å²) in [6.07, 6.45) is 0.638. The zero-order valence-corrected chi connectivity index (χ0v) is 11.7. The molecular formula is C12H18F2N2O2S. The van der Waals surface area contributed by atoms with Crippen LogP contribution in [0.1, 0.15) is 13.3 Å². The molecule has 0 fully saturated rings. The maximum atomic E-state index is 12.7. The van der Waals surface area contributed by atoms with Crippen LogP contribution in [-0.4, -0.2) is 33.8 Å². The summed E-state index contributed by atoms with van der Waals surface area (Å²) in [5.74, 6) is -3.42. The van der Waals surface area contributed by atoms with E-state index >= 15 is 0 Å². The van der Waals surface area contributed by atoms with Crippen molar-refractivity contribution in [2.24, 2.45) is 5.73 Å². The van der Waals surface area contributed by atoms with Crippen LogP contribution < -0.4 is 10.6 Å². The number of hydrogen-bond acceptors (Lipinski definition) is 4. The second-order valence-corrected chi connectivity index (χ2v) is 6.20. The van der Waals surface area contributed by atoms with E-state index in [4.69, 9.17) is 5.73 Å². The highest BCUT2D eigenvalue weighted by Crippen LogP contribution is 2.29. The van der Waals surface area contributed by atoms with Crippen LogP contribution in [0.2, 0.25) is 0 Å². The Kier molecular flexibility index (Phi) is 5.25. The molecule has 19 heavy (non-hydrogen) atoms. The van der Waals surface area contributed by atoms with Crippen LogP contribution in [0.25, 0.3) is 0 Å². The topological polar surface area (TPSA) is 63.4 Å². The molecule has 0 amide bonds. The zero-order valence-electron chi connectivity index (χ0n) is 10.9. The monoisotopic (exact) mass is 292 g/mol. The minimum absolute atomic E-state index is 0.0426. The minimum Gasteiger partial charge on any atom is -0.371 e. The second-order valence-electron chi connectivity index (χ2n) is 4.31. The third-order valence-electron chi connectivity index (χ3n) is 3.03. The fourth-order valence-corrected chi connectivity index (χ4v) is 2.72. The highest BCUT2D eigenvalue weighted by molar-refractivity contribution is 7.91. The Balaban J connectivity index is 3.24. The van der Waals surface area contributed by atoms with Gasteiger partial charge in [0.05, 0.1) is 10.6 Å². The van der Waals surface area contributed by atoms with E-state index in [0.29, 0.717) is 13.0 Å². The van der Waals surface area contributed by atoms with Gasteiger partial charge >= 0.3 is 5.76 Å². The van der Waals surface area contributed by atoms with E-state index < -0.39 is 15.6 Å². The van der Waals surface area contributed by atoms with Gasteiger partial charge in [-0.1, -0.05) is 12.1 Å². The Morgan fingerprint density at radius 1 is 1.32 bits per heavy atom. The molecule has 0 saturated carbocycles. The van der Waals surface area contributed by atoms with Crippen LogP contribution in [0.4, 0.5) is 14.5 Å². The van der Waals surface area contributed by atoms with Crippen molar-refractivity contribution in [3.05, 3.63) is 24.3 Å². The molecule has 0 aliphatic heterocycles. The Hall–Kier alpha value is -1.21. The second kappa shape index (κ2) is 6.29. The lowest BCUT2D eigenvalue weighted by Gasteiger charge is -2.28. The Labute approximate surface area is 112 Å². The van der Waals surface area contributed by atoms with Gasteiger partial charge in [-0.3, -0.25) is 0 Å². The Morgan fingerprint density at radius 2 is 1.89 bits per heavy atom. The molecule has 0 aliphatic rings. The lowest BCUT2D eigenvalue weighted by molar-refractivity contribution is 0.235. The number of nitrogens with two attached hydrogens (primary N) is 1. The standard InChI is InChI=1S/C12H18F2N2O2S/c1-9(7-8-15)16(2)10-5-3-4-6-11(10)19(17,18)12(13)14/h3-6,9,12H,7-8,15H2,1-2H3. The lowest BCUT2D eigenvalue weighted by atomic mass is 10.2. The average molecular weight is 292 g/mol. The highest BCUT2D eigenvalue weighted by atomic mass is 32.2. The van der Waals surface area contributed by atoms with Gasteiger partial charge in [-0.05, 0) is 32.0 Å². The Bertz CT molecular complexity index is 520. The van der Waals surface area contributed by atoms with Crippen molar-refractivity contribution < 1.29 is 17.2 Å². The van der Waals surface area contributed by atoms with Gasteiger partial charge in [0, 0.05) is 13.1 Å². The number of rotatable bonds is 6. The SMILES string of the molecule is CC(CCN)N(C)c1ccccc1S(=O)(=O)C(F)F. The maximum Gasteiger partial charge on any atom is 0.341 e. The third kappa shape index (κ3) is 3.42. The van der Waals surface area contributed by atoms with Crippen LogP contribution >= 0.6 is 0 Å². The van der Waals surface area contributed by atoms with Crippen LogP contribution in [0.5, 0.6) is 0 Å². The van der Waals surface area contributed by atoms with E-state index in [9.17, 15) is 17.2 Å². The number of halogens is 2. The number of nitrogens with zero attached hydrogens (tertiary/aromatic N) is 1. The molecule has 0 bridgehead atoms.